The first kappa shape index (κ1) is 5.29. The number of aliphatic imine (C=N–C) groups is 1. The first-order valence-electron chi connectivity index (χ1n) is 2.72. The summed E-state index contributed by atoms with van der Waals surface area (Å²) < 4.78 is 0. The van der Waals surface area contributed by atoms with Gasteiger partial charge in [0.2, 0.25) is 0 Å². The smallest absolute Gasteiger partial charge is 0.0382 e. The van der Waals surface area contributed by atoms with Gasteiger partial charge >= 0.3 is 0 Å². The average Bonchev–Trinajstić information content (AvgIpc) is 1.90. The van der Waals surface area contributed by atoms with Crippen LogP contribution in [0.4, 0.5) is 0 Å². The Morgan fingerprint density at radius 3 is 2.75 bits per heavy atom. The summed E-state index contributed by atoms with van der Waals surface area (Å²) in [6.07, 6.45) is 9.16. The molecule has 0 aromatic heterocycles. The highest BCUT2D eigenvalue weighted by molar-refractivity contribution is 5.96. The molecule has 0 heterocycles. The number of rotatable bonds is 0. The van der Waals surface area contributed by atoms with E-state index >= 15 is 0 Å². The Hall–Kier alpha value is -0.850. The van der Waals surface area contributed by atoms with Crippen molar-refractivity contribution in [3.63, 3.8) is 0 Å². The maximum absolute atomic E-state index is 4.03. The highest BCUT2D eigenvalue weighted by atomic mass is 14.7. The van der Waals surface area contributed by atoms with E-state index in [4.69, 9.17) is 0 Å². The normalized spacial score (nSPS) is 22.4. The molecule has 0 N–H and O–H groups in total. The van der Waals surface area contributed by atoms with Crippen LogP contribution in [0, 0.1) is 0 Å². The van der Waals surface area contributed by atoms with Crippen LogP contribution in [0.1, 0.15) is 6.42 Å². The van der Waals surface area contributed by atoms with Crippen LogP contribution in [0.3, 0.4) is 0 Å². The molecule has 8 heavy (non-hydrogen) atoms. The Labute approximate surface area is 49.4 Å². The maximum atomic E-state index is 4.03. The van der Waals surface area contributed by atoms with E-state index in [1.807, 2.05) is 25.3 Å². The molecule has 0 saturated carbocycles. The van der Waals surface area contributed by atoms with Gasteiger partial charge in [0.05, 0.1) is 0 Å². The van der Waals surface area contributed by atoms with E-state index in [1.54, 1.807) is 0 Å². The molecule has 0 saturated heterocycles. The molecule has 0 fully saturated rings. The third-order valence-electron chi connectivity index (χ3n) is 1.15. The molecule has 1 aliphatic carbocycles. The van der Waals surface area contributed by atoms with Crippen molar-refractivity contribution in [2.75, 3.05) is 7.05 Å². The molecular weight excluding hydrogens is 98.1 g/mol. The van der Waals surface area contributed by atoms with Gasteiger partial charge in [-0.3, -0.25) is 4.99 Å². The Bertz CT molecular complexity index is 152. The molecule has 1 aliphatic rings. The zero-order valence-electron chi connectivity index (χ0n) is 4.96. The maximum Gasteiger partial charge on any atom is 0.0382 e. The second kappa shape index (κ2) is 2.46. The number of hydrogen-bond acceptors (Lipinski definition) is 1. The lowest BCUT2D eigenvalue weighted by Gasteiger charge is -1.96. The van der Waals surface area contributed by atoms with E-state index < -0.39 is 0 Å². The summed E-state index contributed by atoms with van der Waals surface area (Å²) in [4.78, 5) is 4.03. The minimum Gasteiger partial charge on any atom is -0.293 e. The van der Waals surface area contributed by atoms with Crippen LogP contribution in [-0.2, 0) is 0 Å². The molecule has 0 atom stereocenters. The molecule has 0 radical (unpaired) electrons. The lowest BCUT2D eigenvalue weighted by molar-refractivity contribution is 1.35. The van der Waals surface area contributed by atoms with Crippen LogP contribution in [0.5, 0.6) is 0 Å². The minimum atomic E-state index is 0.993. The van der Waals surface area contributed by atoms with E-state index in [-0.39, 0.29) is 0 Å². The fourth-order valence-electron chi connectivity index (χ4n) is 0.668. The van der Waals surface area contributed by atoms with Crippen LogP contribution in [0.2, 0.25) is 0 Å². The van der Waals surface area contributed by atoms with E-state index in [0.717, 1.165) is 12.1 Å². The van der Waals surface area contributed by atoms with Crippen molar-refractivity contribution in [1.29, 1.82) is 0 Å². The second-order valence-corrected chi connectivity index (χ2v) is 1.71. The van der Waals surface area contributed by atoms with E-state index in [1.165, 1.54) is 0 Å². The van der Waals surface area contributed by atoms with E-state index in [0.29, 0.717) is 0 Å². The standard InChI is InChI=1S/C7H9N/c1-8-7-5-3-2-4-6-7/h2-5H,6H2,1H3. The van der Waals surface area contributed by atoms with Crippen molar-refractivity contribution in [3.05, 3.63) is 24.3 Å². The third kappa shape index (κ3) is 1.06. The van der Waals surface area contributed by atoms with Crippen LogP contribution in [0.25, 0.3) is 0 Å². The van der Waals surface area contributed by atoms with Crippen molar-refractivity contribution >= 4 is 5.71 Å². The van der Waals surface area contributed by atoms with Gasteiger partial charge in [-0.1, -0.05) is 18.2 Å². The van der Waals surface area contributed by atoms with E-state index in [2.05, 4.69) is 11.1 Å². The van der Waals surface area contributed by atoms with Gasteiger partial charge in [0, 0.05) is 19.2 Å². The lowest BCUT2D eigenvalue weighted by Crippen LogP contribution is -1.92. The fourth-order valence-corrected chi connectivity index (χ4v) is 0.668. The van der Waals surface area contributed by atoms with E-state index in [9.17, 15) is 0 Å². The Balaban J connectivity index is 2.66. The zero-order valence-corrected chi connectivity index (χ0v) is 4.96. The fraction of sp³-hybridized carbons (Fsp3) is 0.286. The number of hydrogen-bond donors (Lipinski definition) is 0. The topological polar surface area (TPSA) is 12.4 Å². The van der Waals surface area contributed by atoms with Gasteiger partial charge in [-0.05, 0) is 6.08 Å². The van der Waals surface area contributed by atoms with Crippen LogP contribution < -0.4 is 0 Å². The minimum absolute atomic E-state index is 0.993. The summed E-state index contributed by atoms with van der Waals surface area (Å²) in [7, 11) is 1.82. The van der Waals surface area contributed by atoms with Gasteiger partial charge in [0.25, 0.3) is 0 Å². The van der Waals surface area contributed by atoms with Gasteiger partial charge in [0.1, 0.15) is 0 Å². The van der Waals surface area contributed by atoms with Gasteiger partial charge in [0.15, 0.2) is 0 Å². The molecule has 0 aromatic rings. The van der Waals surface area contributed by atoms with Crippen LogP contribution in [-0.4, -0.2) is 12.8 Å². The average molecular weight is 107 g/mol. The quantitative estimate of drug-likeness (QED) is 0.445. The zero-order chi connectivity index (χ0) is 5.82. The summed E-state index contributed by atoms with van der Waals surface area (Å²) in [5, 5.41) is 0. The van der Waals surface area contributed by atoms with Crippen molar-refractivity contribution in [3.8, 4) is 0 Å². The van der Waals surface area contributed by atoms with Crippen molar-refractivity contribution < 1.29 is 0 Å². The van der Waals surface area contributed by atoms with Crippen molar-refractivity contribution in [1.82, 2.24) is 0 Å². The number of allylic oxidation sites excluding steroid dienone is 4. The van der Waals surface area contributed by atoms with Crippen molar-refractivity contribution in [2.24, 2.45) is 4.99 Å². The number of nitrogens with zero attached hydrogens (tertiary/aromatic N) is 1. The molecule has 0 spiro atoms. The summed E-state index contributed by atoms with van der Waals surface area (Å²) >= 11 is 0. The first-order chi connectivity index (χ1) is 3.93. The molecule has 1 heteroatoms. The SMILES string of the molecule is CN=C1C=CC=CC1. The molecule has 1 rings (SSSR count). The predicted molar refractivity (Wildman–Crippen MR) is 36.3 cm³/mol. The van der Waals surface area contributed by atoms with Crippen molar-refractivity contribution in [2.45, 2.75) is 6.42 Å². The molecular formula is C7H9N. The first-order valence-corrected chi connectivity index (χ1v) is 2.72. The molecule has 42 valence electrons. The largest absolute Gasteiger partial charge is 0.293 e. The summed E-state index contributed by atoms with van der Waals surface area (Å²) in [6.45, 7) is 0. The van der Waals surface area contributed by atoms with Crippen LogP contribution >= 0.6 is 0 Å². The molecule has 0 aromatic carbocycles. The summed E-state index contributed by atoms with van der Waals surface area (Å²) in [5.41, 5.74) is 1.16. The summed E-state index contributed by atoms with van der Waals surface area (Å²) in [5.74, 6) is 0. The second-order valence-electron chi connectivity index (χ2n) is 1.71. The highest BCUT2D eigenvalue weighted by Gasteiger charge is 1.89. The van der Waals surface area contributed by atoms with Gasteiger partial charge in [-0.2, -0.15) is 0 Å². The monoisotopic (exact) mass is 107 g/mol. The summed E-state index contributed by atoms with van der Waals surface area (Å²) in [6, 6.07) is 0. The lowest BCUT2D eigenvalue weighted by atomic mass is 10.2. The predicted octanol–water partition coefficient (Wildman–Crippen LogP) is 1.57. The highest BCUT2D eigenvalue weighted by Crippen LogP contribution is 1.97. The van der Waals surface area contributed by atoms with Gasteiger partial charge < -0.3 is 0 Å². The van der Waals surface area contributed by atoms with Gasteiger partial charge in [-0.15, -0.1) is 0 Å². The molecule has 1 nitrogen and oxygen atoms in total. The molecule has 0 bridgehead atoms. The third-order valence-corrected chi connectivity index (χ3v) is 1.15. The van der Waals surface area contributed by atoms with Crippen LogP contribution in [0.15, 0.2) is 29.3 Å². The Morgan fingerprint density at radius 2 is 2.38 bits per heavy atom. The Morgan fingerprint density at radius 1 is 1.50 bits per heavy atom. The molecule has 0 aliphatic heterocycles. The molecule has 0 amide bonds. The molecule has 0 unspecified atom stereocenters. The Kier molecular flexibility index (Phi) is 1.62. The van der Waals surface area contributed by atoms with Gasteiger partial charge in [-0.25, -0.2) is 0 Å².